The van der Waals surface area contributed by atoms with Crippen molar-refractivity contribution in [2.24, 2.45) is 5.92 Å². The molecule has 0 heterocycles. The van der Waals surface area contributed by atoms with E-state index in [1.54, 1.807) is 0 Å². The molecule has 0 aliphatic carbocycles. The molecule has 2 atom stereocenters. The van der Waals surface area contributed by atoms with E-state index in [4.69, 9.17) is 4.74 Å². The Bertz CT molecular complexity index is 187. The molecule has 0 radical (unpaired) electrons. The molecule has 0 N–H and O–H groups in total. The predicted octanol–water partition coefficient (Wildman–Crippen LogP) is 3.71. The second-order valence-electron chi connectivity index (χ2n) is 4.13. The molecule has 0 rings (SSSR count). The molecule has 0 aliphatic rings. The van der Waals surface area contributed by atoms with Gasteiger partial charge in [0.1, 0.15) is 6.10 Å². The Kier molecular flexibility index (Phi) is 8.06. The lowest BCUT2D eigenvalue weighted by atomic mass is 9.88. The number of unbranched alkanes of at least 4 members (excludes halogenated alkanes) is 2. The van der Waals surface area contributed by atoms with Gasteiger partial charge < -0.3 is 4.74 Å². The van der Waals surface area contributed by atoms with E-state index >= 15 is 0 Å². The first kappa shape index (κ1) is 14.2. The van der Waals surface area contributed by atoms with Crippen molar-refractivity contribution in [2.75, 3.05) is 0 Å². The maximum atomic E-state index is 10.4. The average molecular weight is 212 g/mol. The zero-order valence-corrected chi connectivity index (χ0v) is 10.3. The monoisotopic (exact) mass is 212 g/mol. The summed E-state index contributed by atoms with van der Waals surface area (Å²) in [5, 5.41) is 0. The third kappa shape index (κ3) is 5.60. The van der Waals surface area contributed by atoms with Gasteiger partial charge in [-0.15, -0.1) is 0 Å². The highest BCUT2D eigenvalue weighted by Crippen LogP contribution is 2.24. The maximum Gasteiger partial charge on any atom is 0.293 e. The van der Waals surface area contributed by atoms with Gasteiger partial charge >= 0.3 is 0 Å². The lowest BCUT2D eigenvalue weighted by Crippen LogP contribution is -2.23. The first-order chi connectivity index (χ1) is 7.17. The zero-order valence-electron chi connectivity index (χ0n) is 10.3. The minimum atomic E-state index is 0.0110. The van der Waals surface area contributed by atoms with E-state index in [2.05, 4.69) is 13.5 Å². The van der Waals surface area contributed by atoms with Crippen LogP contribution in [0.1, 0.15) is 52.9 Å². The predicted molar refractivity (Wildman–Crippen MR) is 63.7 cm³/mol. The van der Waals surface area contributed by atoms with Crippen LogP contribution in [0.15, 0.2) is 12.2 Å². The van der Waals surface area contributed by atoms with Crippen LogP contribution in [0, 0.1) is 5.92 Å². The van der Waals surface area contributed by atoms with Crippen molar-refractivity contribution in [3.05, 3.63) is 12.2 Å². The summed E-state index contributed by atoms with van der Waals surface area (Å²) in [4.78, 5) is 10.4. The van der Waals surface area contributed by atoms with Gasteiger partial charge in [0.05, 0.1) is 0 Å². The number of carbonyl (C=O) groups is 1. The molecule has 0 aromatic heterocycles. The number of carbonyl (C=O) groups excluding carboxylic acids is 1. The lowest BCUT2D eigenvalue weighted by molar-refractivity contribution is -0.135. The van der Waals surface area contributed by atoms with Crippen LogP contribution < -0.4 is 0 Å². The van der Waals surface area contributed by atoms with Gasteiger partial charge in [-0.2, -0.15) is 0 Å². The van der Waals surface area contributed by atoms with Crippen LogP contribution in [0.2, 0.25) is 0 Å². The molecule has 0 aliphatic heterocycles. The molecule has 0 aromatic rings. The molecule has 0 fully saturated rings. The fourth-order valence-electron chi connectivity index (χ4n) is 1.91. The van der Waals surface area contributed by atoms with E-state index < -0.39 is 0 Å². The highest BCUT2D eigenvalue weighted by Gasteiger charge is 2.21. The Morgan fingerprint density at radius 3 is 2.47 bits per heavy atom. The Labute approximate surface area is 93.7 Å². The maximum absolute atomic E-state index is 10.4. The summed E-state index contributed by atoms with van der Waals surface area (Å²) in [6.45, 7) is 10.8. The number of hydrogen-bond acceptors (Lipinski definition) is 2. The van der Waals surface area contributed by atoms with Crippen molar-refractivity contribution >= 4 is 6.47 Å². The van der Waals surface area contributed by atoms with E-state index in [1.807, 2.05) is 13.8 Å². The van der Waals surface area contributed by atoms with Gasteiger partial charge in [0.2, 0.25) is 0 Å². The van der Waals surface area contributed by atoms with Crippen molar-refractivity contribution < 1.29 is 9.53 Å². The summed E-state index contributed by atoms with van der Waals surface area (Å²) in [5.74, 6) is 0.326. The number of ether oxygens (including phenoxy) is 1. The molecule has 0 bridgehead atoms. The summed E-state index contributed by atoms with van der Waals surface area (Å²) < 4.78 is 5.10. The van der Waals surface area contributed by atoms with Gasteiger partial charge in [-0.1, -0.05) is 45.3 Å². The van der Waals surface area contributed by atoms with Crippen molar-refractivity contribution in [1.29, 1.82) is 0 Å². The SMILES string of the molecule is C=C(C)C(CCCCC)C(CC)OC=O. The largest absolute Gasteiger partial charge is 0.464 e. The standard InChI is InChI=1S/C13H24O2/c1-5-7-8-9-12(11(3)4)13(6-2)15-10-14/h10,12-13H,3,5-9H2,1-2,4H3. The van der Waals surface area contributed by atoms with Crippen LogP contribution in [0.3, 0.4) is 0 Å². The van der Waals surface area contributed by atoms with Crippen molar-refractivity contribution in [1.82, 2.24) is 0 Å². The van der Waals surface area contributed by atoms with E-state index in [9.17, 15) is 4.79 Å². The lowest BCUT2D eigenvalue weighted by Gasteiger charge is -2.25. The third-order valence-electron chi connectivity index (χ3n) is 2.83. The normalized spacial score (nSPS) is 14.3. The minimum absolute atomic E-state index is 0.0110. The first-order valence-electron chi connectivity index (χ1n) is 5.91. The molecule has 0 saturated carbocycles. The van der Waals surface area contributed by atoms with E-state index in [0.717, 1.165) is 18.4 Å². The Balaban J connectivity index is 4.21. The number of hydrogen-bond donors (Lipinski definition) is 0. The Morgan fingerprint density at radius 1 is 1.40 bits per heavy atom. The molecule has 2 heteroatoms. The van der Waals surface area contributed by atoms with Gasteiger partial charge in [0.25, 0.3) is 6.47 Å². The van der Waals surface area contributed by atoms with Crippen LogP contribution in [-0.4, -0.2) is 12.6 Å². The molecule has 15 heavy (non-hydrogen) atoms. The van der Waals surface area contributed by atoms with Crippen LogP contribution in [-0.2, 0) is 9.53 Å². The highest BCUT2D eigenvalue weighted by atomic mass is 16.5. The Morgan fingerprint density at radius 2 is 2.07 bits per heavy atom. The molecule has 2 unspecified atom stereocenters. The molecule has 0 aromatic carbocycles. The highest BCUT2D eigenvalue weighted by molar-refractivity contribution is 5.37. The molecule has 88 valence electrons. The third-order valence-corrected chi connectivity index (χ3v) is 2.83. The topological polar surface area (TPSA) is 26.3 Å². The molecule has 0 saturated heterocycles. The average Bonchev–Trinajstić information content (AvgIpc) is 2.21. The molecule has 0 spiro atoms. The number of rotatable bonds is 9. The van der Waals surface area contributed by atoms with Crippen molar-refractivity contribution in [2.45, 2.75) is 59.0 Å². The van der Waals surface area contributed by atoms with Gasteiger partial charge in [-0.3, -0.25) is 4.79 Å². The molecular weight excluding hydrogens is 188 g/mol. The fourth-order valence-corrected chi connectivity index (χ4v) is 1.91. The van der Waals surface area contributed by atoms with E-state index in [1.165, 1.54) is 19.3 Å². The van der Waals surface area contributed by atoms with Crippen LogP contribution in [0.5, 0.6) is 0 Å². The summed E-state index contributed by atoms with van der Waals surface area (Å²) >= 11 is 0. The summed E-state index contributed by atoms with van der Waals surface area (Å²) in [5.41, 5.74) is 1.12. The zero-order chi connectivity index (χ0) is 11.7. The Hall–Kier alpha value is -0.790. The van der Waals surface area contributed by atoms with Crippen LogP contribution >= 0.6 is 0 Å². The second kappa shape index (κ2) is 8.51. The van der Waals surface area contributed by atoms with Gasteiger partial charge in [-0.05, 0) is 19.8 Å². The van der Waals surface area contributed by atoms with E-state index in [0.29, 0.717) is 12.4 Å². The molecule has 0 amide bonds. The van der Waals surface area contributed by atoms with Gasteiger partial charge in [0.15, 0.2) is 0 Å². The smallest absolute Gasteiger partial charge is 0.293 e. The summed E-state index contributed by atoms with van der Waals surface area (Å²) in [6.07, 6.45) is 5.59. The summed E-state index contributed by atoms with van der Waals surface area (Å²) in [6, 6.07) is 0. The minimum Gasteiger partial charge on any atom is -0.464 e. The molecule has 2 nitrogen and oxygen atoms in total. The fraction of sp³-hybridized carbons (Fsp3) is 0.769. The van der Waals surface area contributed by atoms with E-state index in [-0.39, 0.29) is 6.10 Å². The second-order valence-corrected chi connectivity index (χ2v) is 4.13. The van der Waals surface area contributed by atoms with Gasteiger partial charge in [-0.25, -0.2) is 0 Å². The van der Waals surface area contributed by atoms with Crippen LogP contribution in [0.25, 0.3) is 0 Å². The van der Waals surface area contributed by atoms with Crippen LogP contribution in [0.4, 0.5) is 0 Å². The van der Waals surface area contributed by atoms with Crippen molar-refractivity contribution in [3.8, 4) is 0 Å². The van der Waals surface area contributed by atoms with Crippen molar-refractivity contribution in [3.63, 3.8) is 0 Å². The quantitative estimate of drug-likeness (QED) is 0.331. The first-order valence-corrected chi connectivity index (χ1v) is 5.91. The molecular formula is C13H24O2. The van der Waals surface area contributed by atoms with Gasteiger partial charge in [0, 0.05) is 5.92 Å². The summed E-state index contributed by atoms with van der Waals surface area (Å²) in [7, 11) is 0.